The van der Waals surface area contributed by atoms with Gasteiger partial charge in [-0.25, -0.2) is 0 Å². The Morgan fingerprint density at radius 1 is 1.24 bits per heavy atom. The summed E-state index contributed by atoms with van der Waals surface area (Å²) in [6.45, 7) is 2.30. The third kappa shape index (κ3) is 1.79. The Morgan fingerprint density at radius 3 is 2.90 bits per heavy atom. The third-order valence-corrected chi connectivity index (χ3v) is 6.79. The van der Waals surface area contributed by atoms with Crippen LogP contribution in [0, 0.1) is 22.2 Å². The van der Waals surface area contributed by atoms with Crippen molar-refractivity contribution in [2.75, 3.05) is 0 Å². The third-order valence-electron chi connectivity index (χ3n) is 6.79. The topological polar surface area (TPSA) is 49.7 Å². The molecule has 4 unspecified atom stereocenters. The van der Waals surface area contributed by atoms with Crippen LogP contribution in [-0.4, -0.2) is 11.1 Å². The van der Waals surface area contributed by atoms with E-state index in [2.05, 4.69) is 18.2 Å². The number of nitroso groups, excluding NO2 is 1. The van der Waals surface area contributed by atoms with E-state index in [9.17, 15) is 10.0 Å². The van der Waals surface area contributed by atoms with E-state index in [0.717, 1.165) is 19.3 Å². The summed E-state index contributed by atoms with van der Waals surface area (Å²) in [4.78, 5) is 11.2. The summed E-state index contributed by atoms with van der Waals surface area (Å²) in [7, 11) is 0. The van der Waals surface area contributed by atoms with Crippen molar-refractivity contribution in [1.29, 1.82) is 0 Å². The molecular formula is C18H23NO2. The molecule has 3 aliphatic carbocycles. The molecule has 1 aromatic rings. The molecule has 4 rings (SSSR count). The van der Waals surface area contributed by atoms with Crippen molar-refractivity contribution in [3.05, 3.63) is 34.2 Å². The number of rotatable bonds is 1. The molecule has 0 aliphatic heterocycles. The molecule has 0 radical (unpaired) electrons. The molecule has 0 bridgehead atoms. The van der Waals surface area contributed by atoms with Crippen LogP contribution in [0.2, 0.25) is 0 Å². The van der Waals surface area contributed by atoms with E-state index in [0.29, 0.717) is 23.5 Å². The van der Waals surface area contributed by atoms with Crippen LogP contribution in [-0.2, 0) is 6.42 Å². The van der Waals surface area contributed by atoms with Gasteiger partial charge in [0.15, 0.2) is 0 Å². The Kier molecular flexibility index (Phi) is 2.88. The maximum absolute atomic E-state index is 11.2. The van der Waals surface area contributed by atoms with E-state index in [1.54, 1.807) is 0 Å². The first-order valence-electron chi connectivity index (χ1n) is 8.28. The van der Waals surface area contributed by atoms with Gasteiger partial charge in [0.05, 0.1) is 6.04 Å². The fourth-order valence-electron chi connectivity index (χ4n) is 5.71. The standard InChI is InChI=1S/C18H23NO2/c1-18-9-8-14-13-5-3-12(20)10-11(13)2-4-15(14)16(18)6-7-17(18)19-21/h3,5,10,14-17,20H,2,4,6-9H2,1H3/t14?,15?,16?,17?,18-/m0/s1. The van der Waals surface area contributed by atoms with Crippen molar-refractivity contribution in [2.45, 2.75) is 57.4 Å². The number of fused-ring (bicyclic) bond motifs is 5. The summed E-state index contributed by atoms with van der Waals surface area (Å²) in [6.07, 6.45) is 6.71. The van der Waals surface area contributed by atoms with E-state index in [-0.39, 0.29) is 11.5 Å². The molecule has 112 valence electrons. The van der Waals surface area contributed by atoms with E-state index >= 15 is 0 Å². The minimum atomic E-state index is 0.0321. The zero-order chi connectivity index (χ0) is 14.6. The summed E-state index contributed by atoms with van der Waals surface area (Å²) < 4.78 is 0. The number of aromatic hydroxyl groups is 1. The highest BCUT2D eigenvalue weighted by atomic mass is 16.3. The fraction of sp³-hybridized carbons (Fsp3) is 0.667. The highest BCUT2D eigenvalue weighted by Gasteiger charge is 2.55. The van der Waals surface area contributed by atoms with E-state index in [4.69, 9.17) is 0 Å². The first-order valence-corrected chi connectivity index (χ1v) is 8.28. The van der Waals surface area contributed by atoms with Gasteiger partial charge >= 0.3 is 0 Å². The minimum Gasteiger partial charge on any atom is -0.508 e. The lowest BCUT2D eigenvalue weighted by Crippen LogP contribution is -2.43. The number of hydrogen-bond donors (Lipinski definition) is 1. The summed E-state index contributed by atoms with van der Waals surface area (Å²) in [5.41, 5.74) is 2.92. The lowest BCUT2D eigenvalue weighted by atomic mass is 9.55. The lowest BCUT2D eigenvalue weighted by Gasteiger charge is -2.49. The van der Waals surface area contributed by atoms with Gasteiger partial charge in [-0.1, -0.05) is 18.2 Å². The van der Waals surface area contributed by atoms with Gasteiger partial charge in [-0.2, -0.15) is 4.91 Å². The van der Waals surface area contributed by atoms with Crippen molar-refractivity contribution in [1.82, 2.24) is 0 Å². The Hall–Kier alpha value is -1.38. The molecule has 0 aromatic heterocycles. The van der Waals surface area contributed by atoms with Crippen LogP contribution in [0.1, 0.15) is 56.1 Å². The second kappa shape index (κ2) is 4.56. The zero-order valence-corrected chi connectivity index (χ0v) is 12.6. The molecule has 3 aliphatic rings. The van der Waals surface area contributed by atoms with E-state index in [1.165, 1.54) is 30.4 Å². The summed E-state index contributed by atoms with van der Waals surface area (Å²) in [6, 6.07) is 5.95. The highest BCUT2D eigenvalue weighted by Crippen LogP contribution is 2.61. The number of hydrogen-bond acceptors (Lipinski definition) is 3. The molecule has 5 atom stereocenters. The molecule has 2 saturated carbocycles. The molecule has 0 amide bonds. The van der Waals surface area contributed by atoms with Gasteiger partial charge in [0, 0.05) is 0 Å². The highest BCUT2D eigenvalue weighted by molar-refractivity contribution is 5.40. The Balaban J connectivity index is 1.70. The van der Waals surface area contributed by atoms with Crippen LogP contribution >= 0.6 is 0 Å². The SMILES string of the molecule is C[C@]12CCC3c4ccc(O)cc4CCC3C1CCC2N=O. The average molecular weight is 285 g/mol. The smallest absolute Gasteiger partial charge is 0.115 e. The normalized spacial score (nSPS) is 41.0. The second-order valence-corrected chi connectivity index (χ2v) is 7.54. The molecule has 0 heterocycles. The van der Waals surface area contributed by atoms with Gasteiger partial charge in [-0.05, 0) is 85.0 Å². The molecule has 0 saturated heterocycles. The second-order valence-electron chi connectivity index (χ2n) is 7.54. The van der Waals surface area contributed by atoms with Crippen LogP contribution < -0.4 is 0 Å². The maximum Gasteiger partial charge on any atom is 0.115 e. The number of benzene rings is 1. The van der Waals surface area contributed by atoms with E-state index in [1.807, 2.05) is 12.1 Å². The molecule has 3 nitrogen and oxygen atoms in total. The minimum absolute atomic E-state index is 0.0321. The van der Waals surface area contributed by atoms with Crippen molar-refractivity contribution >= 4 is 0 Å². The monoisotopic (exact) mass is 285 g/mol. The quantitative estimate of drug-likeness (QED) is 0.778. The Bertz CT molecular complexity index is 585. The van der Waals surface area contributed by atoms with Crippen molar-refractivity contribution in [3.63, 3.8) is 0 Å². The largest absolute Gasteiger partial charge is 0.508 e. The van der Waals surface area contributed by atoms with Gasteiger partial charge in [-0.3, -0.25) is 0 Å². The zero-order valence-electron chi connectivity index (χ0n) is 12.6. The molecule has 1 N–H and O–H groups in total. The Morgan fingerprint density at radius 2 is 2.10 bits per heavy atom. The molecule has 2 fully saturated rings. The van der Waals surface area contributed by atoms with Gasteiger partial charge in [0.25, 0.3) is 0 Å². The lowest BCUT2D eigenvalue weighted by molar-refractivity contribution is 0.0498. The number of aryl methyl sites for hydroxylation is 1. The molecule has 3 heteroatoms. The average Bonchev–Trinajstić information content (AvgIpc) is 2.83. The molecule has 0 spiro atoms. The molecule has 21 heavy (non-hydrogen) atoms. The van der Waals surface area contributed by atoms with Crippen LogP contribution in [0.15, 0.2) is 23.4 Å². The van der Waals surface area contributed by atoms with Gasteiger partial charge in [-0.15, -0.1) is 0 Å². The number of phenols is 1. The number of nitrogens with zero attached hydrogens (tertiary/aromatic N) is 1. The van der Waals surface area contributed by atoms with Gasteiger partial charge < -0.3 is 5.11 Å². The van der Waals surface area contributed by atoms with Crippen LogP contribution in [0.3, 0.4) is 0 Å². The van der Waals surface area contributed by atoms with Crippen LogP contribution in [0.4, 0.5) is 0 Å². The summed E-state index contributed by atoms with van der Waals surface area (Å²) >= 11 is 0. The predicted molar refractivity (Wildman–Crippen MR) is 82.3 cm³/mol. The summed E-state index contributed by atoms with van der Waals surface area (Å²) in [5.74, 6) is 2.37. The van der Waals surface area contributed by atoms with Crippen molar-refractivity contribution in [3.8, 4) is 5.75 Å². The number of phenolic OH excluding ortho intramolecular Hbond substituents is 1. The van der Waals surface area contributed by atoms with Crippen molar-refractivity contribution in [2.24, 2.45) is 22.4 Å². The first kappa shape index (κ1) is 13.3. The fourth-order valence-corrected chi connectivity index (χ4v) is 5.71. The van der Waals surface area contributed by atoms with Crippen LogP contribution in [0.25, 0.3) is 0 Å². The molecular weight excluding hydrogens is 262 g/mol. The first-order chi connectivity index (χ1) is 10.1. The van der Waals surface area contributed by atoms with E-state index < -0.39 is 0 Å². The summed E-state index contributed by atoms with van der Waals surface area (Å²) in [5, 5.41) is 13.1. The molecule has 1 aromatic carbocycles. The van der Waals surface area contributed by atoms with Gasteiger partial charge in [0.2, 0.25) is 0 Å². The Labute approximate surface area is 125 Å². The predicted octanol–water partition coefficient (Wildman–Crippen LogP) is 4.38. The van der Waals surface area contributed by atoms with Crippen molar-refractivity contribution < 1.29 is 5.11 Å². The van der Waals surface area contributed by atoms with Crippen LogP contribution in [0.5, 0.6) is 5.75 Å². The van der Waals surface area contributed by atoms with Gasteiger partial charge in [0.1, 0.15) is 5.75 Å². The maximum atomic E-state index is 11.2.